The third kappa shape index (κ3) is 4.84. The van der Waals surface area contributed by atoms with E-state index in [1.165, 1.54) is 31.4 Å². The lowest BCUT2D eigenvalue weighted by atomic mass is 9.90. The zero-order valence-electron chi connectivity index (χ0n) is 19.1. The van der Waals surface area contributed by atoms with Crippen LogP contribution in [0.1, 0.15) is 64.4 Å². The summed E-state index contributed by atoms with van der Waals surface area (Å²) in [6.45, 7) is 4.55. The summed E-state index contributed by atoms with van der Waals surface area (Å²) in [7, 11) is 0. The molecule has 2 heterocycles. The molecular formula is C26H30F4O3. The molecule has 2 atom stereocenters. The van der Waals surface area contributed by atoms with Gasteiger partial charge in [0.15, 0.2) is 23.2 Å². The Morgan fingerprint density at radius 3 is 2.27 bits per heavy atom. The van der Waals surface area contributed by atoms with Crippen LogP contribution in [0.15, 0.2) is 16.5 Å². The fraction of sp³-hybridized carbons (Fsp3) is 0.538. The first kappa shape index (κ1) is 23.9. The molecule has 0 amide bonds. The van der Waals surface area contributed by atoms with E-state index in [0.717, 1.165) is 19.3 Å². The lowest BCUT2D eigenvalue weighted by Gasteiger charge is -2.29. The molecule has 1 fully saturated rings. The first-order valence-electron chi connectivity index (χ1n) is 11.9. The lowest BCUT2D eigenvalue weighted by molar-refractivity contribution is -0.0226. The first-order chi connectivity index (χ1) is 15.9. The molecule has 0 N–H and O–H groups in total. The zero-order chi connectivity index (χ0) is 23.5. The van der Waals surface area contributed by atoms with Crippen molar-refractivity contribution in [1.82, 2.24) is 0 Å². The third-order valence-corrected chi connectivity index (χ3v) is 6.57. The van der Waals surface area contributed by atoms with Gasteiger partial charge in [0.25, 0.3) is 0 Å². The van der Waals surface area contributed by atoms with Crippen molar-refractivity contribution in [3.63, 3.8) is 0 Å². The van der Waals surface area contributed by atoms with E-state index in [9.17, 15) is 17.6 Å². The molecule has 1 aliphatic rings. The fourth-order valence-electron chi connectivity index (χ4n) is 4.72. The van der Waals surface area contributed by atoms with Gasteiger partial charge in [-0.1, -0.05) is 26.2 Å². The van der Waals surface area contributed by atoms with E-state index in [2.05, 4.69) is 6.92 Å². The Labute approximate surface area is 191 Å². The van der Waals surface area contributed by atoms with Gasteiger partial charge < -0.3 is 13.9 Å². The second-order valence-electron chi connectivity index (χ2n) is 8.88. The summed E-state index contributed by atoms with van der Waals surface area (Å²) in [5.74, 6) is -4.88. The summed E-state index contributed by atoms with van der Waals surface area (Å²) in [4.78, 5) is 0. The Morgan fingerprint density at radius 1 is 0.879 bits per heavy atom. The standard InChI is InChI=1S/C26H30F4O3/c1-3-5-6-7-17-11-9-15(14-32-17)8-10-16-12-18-21(25(29)23(16)27)22-19(33-18)13-20(31-4-2)24(28)26(22)30/h12-13,15,17H,3-11,14H2,1-2H3. The SMILES string of the molecule is CCCCCC1CCC(CCc2cc3oc4cc(OCC)c(F)c(F)c4c3c(F)c2F)CO1. The van der Waals surface area contributed by atoms with Gasteiger partial charge >= 0.3 is 0 Å². The molecule has 1 saturated heterocycles. The van der Waals surface area contributed by atoms with Gasteiger partial charge in [0, 0.05) is 12.7 Å². The van der Waals surface area contributed by atoms with Crippen LogP contribution < -0.4 is 4.74 Å². The van der Waals surface area contributed by atoms with Crippen molar-refractivity contribution in [3.05, 3.63) is 41.0 Å². The lowest BCUT2D eigenvalue weighted by Crippen LogP contribution is -2.26. The molecule has 180 valence electrons. The summed E-state index contributed by atoms with van der Waals surface area (Å²) in [6.07, 6.45) is 7.89. The second kappa shape index (κ2) is 10.3. The number of fused-ring (bicyclic) bond motifs is 3. The minimum Gasteiger partial charge on any atom is -0.491 e. The van der Waals surface area contributed by atoms with Gasteiger partial charge in [0.05, 0.1) is 23.5 Å². The summed E-state index contributed by atoms with van der Waals surface area (Å²) < 4.78 is 75.4. The highest BCUT2D eigenvalue weighted by atomic mass is 19.2. The Balaban J connectivity index is 1.52. The average molecular weight is 467 g/mol. The minimum absolute atomic E-state index is 0.0123. The molecule has 0 spiro atoms. The van der Waals surface area contributed by atoms with Gasteiger partial charge in [-0.15, -0.1) is 0 Å². The topological polar surface area (TPSA) is 31.6 Å². The van der Waals surface area contributed by atoms with Crippen LogP contribution in [0.5, 0.6) is 5.75 Å². The van der Waals surface area contributed by atoms with Gasteiger partial charge in [-0.3, -0.25) is 0 Å². The molecule has 2 unspecified atom stereocenters. The van der Waals surface area contributed by atoms with E-state index in [1.807, 2.05) is 0 Å². The molecule has 4 rings (SSSR count). The molecule has 1 aliphatic heterocycles. The smallest absolute Gasteiger partial charge is 0.201 e. The van der Waals surface area contributed by atoms with Gasteiger partial charge in [-0.25, -0.2) is 13.2 Å². The van der Waals surface area contributed by atoms with Crippen molar-refractivity contribution in [1.29, 1.82) is 0 Å². The molecule has 33 heavy (non-hydrogen) atoms. The number of hydrogen-bond donors (Lipinski definition) is 0. The van der Waals surface area contributed by atoms with E-state index in [4.69, 9.17) is 13.9 Å². The summed E-state index contributed by atoms with van der Waals surface area (Å²) in [5, 5.41) is -0.801. The fourth-order valence-corrected chi connectivity index (χ4v) is 4.72. The molecule has 2 aromatic carbocycles. The molecule has 7 heteroatoms. The molecule has 0 radical (unpaired) electrons. The number of hydrogen-bond acceptors (Lipinski definition) is 3. The van der Waals surface area contributed by atoms with Crippen LogP contribution in [0.3, 0.4) is 0 Å². The largest absolute Gasteiger partial charge is 0.491 e. The number of rotatable bonds is 9. The van der Waals surface area contributed by atoms with Crippen LogP contribution in [-0.2, 0) is 11.2 Å². The van der Waals surface area contributed by atoms with Crippen molar-refractivity contribution in [2.75, 3.05) is 13.2 Å². The molecule has 0 aliphatic carbocycles. The van der Waals surface area contributed by atoms with Crippen LogP contribution in [0.4, 0.5) is 17.6 Å². The van der Waals surface area contributed by atoms with Gasteiger partial charge in [0.1, 0.15) is 11.2 Å². The normalized spacial score (nSPS) is 19.0. The van der Waals surface area contributed by atoms with Crippen molar-refractivity contribution in [3.8, 4) is 5.75 Å². The number of ether oxygens (including phenoxy) is 2. The number of aryl methyl sites for hydroxylation is 1. The van der Waals surface area contributed by atoms with Gasteiger partial charge in [0.2, 0.25) is 5.82 Å². The maximum atomic E-state index is 15.0. The highest BCUT2D eigenvalue weighted by molar-refractivity contribution is 6.06. The highest BCUT2D eigenvalue weighted by Crippen LogP contribution is 2.39. The van der Waals surface area contributed by atoms with Crippen molar-refractivity contribution in [2.45, 2.75) is 71.3 Å². The molecule has 1 aromatic heterocycles. The number of halogens is 4. The molecule has 0 saturated carbocycles. The van der Waals surface area contributed by atoms with Crippen LogP contribution >= 0.6 is 0 Å². The van der Waals surface area contributed by atoms with Gasteiger partial charge in [-0.2, -0.15) is 4.39 Å². The van der Waals surface area contributed by atoms with Crippen molar-refractivity contribution in [2.24, 2.45) is 5.92 Å². The predicted molar refractivity (Wildman–Crippen MR) is 120 cm³/mol. The van der Waals surface area contributed by atoms with Crippen molar-refractivity contribution < 1.29 is 31.5 Å². The van der Waals surface area contributed by atoms with Crippen LogP contribution in [0.2, 0.25) is 0 Å². The van der Waals surface area contributed by atoms with E-state index in [-0.39, 0.29) is 40.4 Å². The Bertz CT molecular complexity index is 1120. The van der Waals surface area contributed by atoms with Crippen LogP contribution in [0.25, 0.3) is 21.9 Å². The van der Waals surface area contributed by atoms with E-state index in [0.29, 0.717) is 25.6 Å². The number of furan rings is 1. The molecular weight excluding hydrogens is 436 g/mol. The Kier molecular flexibility index (Phi) is 7.47. The maximum absolute atomic E-state index is 15.0. The van der Waals surface area contributed by atoms with E-state index >= 15 is 0 Å². The van der Waals surface area contributed by atoms with Crippen LogP contribution in [-0.4, -0.2) is 19.3 Å². The van der Waals surface area contributed by atoms with Crippen LogP contribution in [0, 0.1) is 29.2 Å². The zero-order valence-corrected chi connectivity index (χ0v) is 19.1. The molecule has 3 nitrogen and oxygen atoms in total. The second-order valence-corrected chi connectivity index (χ2v) is 8.88. The Morgan fingerprint density at radius 2 is 1.61 bits per heavy atom. The summed E-state index contributed by atoms with van der Waals surface area (Å²) in [6, 6.07) is 2.56. The first-order valence-corrected chi connectivity index (χ1v) is 11.9. The quantitative estimate of drug-likeness (QED) is 0.238. The monoisotopic (exact) mass is 466 g/mol. The van der Waals surface area contributed by atoms with E-state index < -0.39 is 28.7 Å². The summed E-state index contributed by atoms with van der Waals surface area (Å²) >= 11 is 0. The third-order valence-electron chi connectivity index (χ3n) is 6.57. The number of unbranched alkanes of at least 4 members (excludes halogenated alkanes) is 2. The summed E-state index contributed by atoms with van der Waals surface area (Å²) in [5.41, 5.74) is 0.0642. The minimum atomic E-state index is -1.31. The number of benzene rings is 2. The average Bonchev–Trinajstić information content (AvgIpc) is 3.18. The maximum Gasteiger partial charge on any atom is 0.201 e. The highest BCUT2D eigenvalue weighted by Gasteiger charge is 2.26. The predicted octanol–water partition coefficient (Wildman–Crippen LogP) is 7.85. The molecule has 3 aromatic rings. The van der Waals surface area contributed by atoms with E-state index in [1.54, 1.807) is 6.92 Å². The Hall–Kier alpha value is -2.28. The molecule has 0 bridgehead atoms. The van der Waals surface area contributed by atoms with Gasteiger partial charge in [-0.05, 0) is 56.6 Å². The van der Waals surface area contributed by atoms with Crippen molar-refractivity contribution >= 4 is 21.9 Å².